The highest BCUT2D eigenvalue weighted by Crippen LogP contribution is 2.30. The number of hydrogen-bond donors (Lipinski definition) is 1. The largest absolute Gasteiger partial charge is 0.341 e. The molecular formula is C18H33N3O3S. The molecule has 0 bridgehead atoms. The standard InChI is InChI=1S/C18H33N3O3S/c1-14(19)16-8-4-11-21(12-16)25(23,24)17-9-5-10-20(13-17)18(22)15-6-2-3-7-15/h14-17H,2-13,19H2,1H3. The first-order chi connectivity index (χ1) is 11.9. The maximum Gasteiger partial charge on any atom is 0.225 e. The Morgan fingerprint density at radius 2 is 1.68 bits per heavy atom. The van der Waals surface area contributed by atoms with Crippen molar-refractivity contribution in [2.75, 3.05) is 26.2 Å². The summed E-state index contributed by atoms with van der Waals surface area (Å²) in [6.07, 6.45) is 7.51. The molecule has 3 fully saturated rings. The Morgan fingerprint density at radius 1 is 1.00 bits per heavy atom. The summed E-state index contributed by atoms with van der Waals surface area (Å²) in [7, 11) is -3.36. The summed E-state index contributed by atoms with van der Waals surface area (Å²) in [4.78, 5) is 14.5. The Morgan fingerprint density at radius 3 is 2.36 bits per heavy atom. The zero-order chi connectivity index (χ0) is 18.0. The van der Waals surface area contributed by atoms with E-state index in [0.717, 1.165) is 44.9 Å². The van der Waals surface area contributed by atoms with Crippen molar-refractivity contribution in [3.8, 4) is 0 Å². The zero-order valence-corrected chi connectivity index (χ0v) is 16.2. The van der Waals surface area contributed by atoms with Gasteiger partial charge in [0.15, 0.2) is 0 Å². The van der Waals surface area contributed by atoms with Gasteiger partial charge in [-0.1, -0.05) is 12.8 Å². The van der Waals surface area contributed by atoms with Gasteiger partial charge in [0.05, 0.1) is 5.25 Å². The second kappa shape index (κ2) is 7.92. The third-order valence-corrected chi connectivity index (χ3v) is 8.62. The Balaban J connectivity index is 1.66. The van der Waals surface area contributed by atoms with Gasteiger partial charge in [-0.05, 0) is 51.4 Å². The van der Waals surface area contributed by atoms with Gasteiger partial charge in [0.25, 0.3) is 0 Å². The van der Waals surface area contributed by atoms with Crippen molar-refractivity contribution in [2.45, 2.75) is 69.6 Å². The van der Waals surface area contributed by atoms with Crippen molar-refractivity contribution in [1.82, 2.24) is 9.21 Å². The average Bonchev–Trinajstić information content (AvgIpc) is 3.16. The van der Waals surface area contributed by atoms with Gasteiger partial charge in [-0.3, -0.25) is 4.79 Å². The molecule has 144 valence electrons. The van der Waals surface area contributed by atoms with Crippen molar-refractivity contribution in [3.05, 3.63) is 0 Å². The van der Waals surface area contributed by atoms with Gasteiger partial charge in [-0.2, -0.15) is 0 Å². The highest BCUT2D eigenvalue weighted by atomic mass is 32.2. The van der Waals surface area contributed by atoms with Crippen LogP contribution in [0.2, 0.25) is 0 Å². The molecular weight excluding hydrogens is 338 g/mol. The third-order valence-electron chi connectivity index (χ3n) is 6.34. The summed E-state index contributed by atoms with van der Waals surface area (Å²) in [6.45, 7) is 4.18. The lowest BCUT2D eigenvalue weighted by Gasteiger charge is -2.39. The molecule has 1 aliphatic carbocycles. The third kappa shape index (κ3) is 4.19. The van der Waals surface area contributed by atoms with E-state index in [0.29, 0.717) is 32.6 Å². The fraction of sp³-hybridized carbons (Fsp3) is 0.944. The smallest absolute Gasteiger partial charge is 0.225 e. The molecule has 2 N–H and O–H groups in total. The van der Waals surface area contributed by atoms with Crippen molar-refractivity contribution in [1.29, 1.82) is 0 Å². The Hall–Kier alpha value is -0.660. The van der Waals surface area contributed by atoms with Gasteiger partial charge >= 0.3 is 0 Å². The molecule has 0 spiro atoms. The lowest BCUT2D eigenvalue weighted by atomic mass is 9.93. The predicted octanol–water partition coefficient (Wildman–Crippen LogP) is 1.56. The van der Waals surface area contributed by atoms with Crippen LogP contribution >= 0.6 is 0 Å². The maximum absolute atomic E-state index is 13.1. The monoisotopic (exact) mass is 371 g/mol. The molecule has 1 amide bonds. The number of carbonyl (C=O) groups is 1. The van der Waals surface area contributed by atoms with Gasteiger partial charge in [0.1, 0.15) is 0 Å². The number of likely N-dealkylation sites (tertiary alicyclic amines) is 1. The number of hydrogen-bond acceptors (Lipinski definition) is 4. The van der Waals surface area contributed by atoms with E-state index in [4.69, 9.17) is 5.73 Å². The topological polar surface area (TPSA) is 83.7 Å². The van der Waals surface area contributed by atoms with Crippen LogP contribution in [-0.4, -0.2) is 61.0 Å². The van der Waals surface area contributed by atoms with Gasteiger partial charge < -0.3 is 10.6 Å². The van der Waals surface area contributed by atoms with Gasteiger partial charge in [-0.25, -0.2) is 12.7 Å². The number of nitrogens with zero attached hydrogens (tertiary/aromatic N) is 2. The molecule has 7 heteroatoms. The van der Waals surface area contributed by atoms with Crippen molar-refractivity contribution >= 4 is 15.9 Å². The molecule has 2 heterocycles. The van der Waals surface area contributed by atoms with Crippen molar-refractivity contribution < 1.29 is 13.2 Å². The van der Waals surface area contributed by atoms with Crippen LogP contribution in [0.4, 0.5) is 0 Å². The first-order valence-electron chi connectivity index (χ1n) is 9.93. The second-order valence-corrected chi connectivity index (χ2v) is 10.4. The molecule has 3 atom stereocenters. The molecule has 0 radical (unpaired) electrons. The maximum atomic E-state index is 13.1. The lowest BCUT2D eigenvalue weighted by molar-refractivity contribution is -0.136. The molecule has 2 aliphatic heterocycles. The molecule has 0 aromatic heterocycles. The summed E-state index contributed by atoms with van der Waals surface area (Å²) >= 11 is 0. The van der Waals surface area contributed by atoms with E-state index in [-0.39, 0.29) is 23.8 Å². The van der Waals surface area contributed by atoms with Crippen molar-refractivity contribution in [3.63, 3.8) is 0 Å². The zero-order valence-electron chi connectivity index (χ0n) is 15.4. The molecule has 3 rings (SSSR count). The second-order valence-electron chi connectivity index (χ2n) is 8.19. The molecule has 0 aromatic rings. The minimum Gasteiger partial charge on any atom is -0.341 e. The minimum absolute atomic E-state index is 0.0183. The minimum atomic E-state index is -3.36. The van der Waals surface area contributed by atoms with Crippen LogP contribution in [0.3, 0.4) is 0 Å². The van der Waals surface area contributed by atoms with Crippen LogP contribution in [0.5, 0.6) is 0 Å². The van der Waals surface area contributed by atoms with Gasteiger partial charge in [-0.15, -0.1) is 0 Å². The van der Waals surface area contributed by atoms with Crippen molar-refractivity contribution in [2.24, 2.45) is 17.6 Å². The number of amides is 1. The van der Waals surface area contributed by atoms with Crippen LogP contribution in [0, 0.1) is 11.8 Å². The molecule has 0 aromatic carbocycles. The number of nitrogens with two attached hydrogens (primary N) is 1. The lowest BCUT2D eigenvalue weighted by Crippen LogP contribution is -2.53. The van der Waals surface area contributed by atoms with E-state index in [9.17, 15) is 13.2 Å². The summed E-state index contributed by atoms with van der Waals surface area (Å²) in [5.41, 5.74) is 6.01. The first-order valence-corrected chi connectivity index (χ1v) is 11.4. The van der Waals surface area contributed by atoms with Crippen LogP contribution in [-0.2, 0) is 14.8 Å². The first kappa shape index (κ1) is 19.1. The van der Waals surface area contributed by atoms with Crippen LogP contribution < -0.4 is 5.73 Å². The Bertz CT molecular complexity index is 572. The number of sulfonamides is 1. The van der Waals surface area contributed by atoms with E-state index in [1.807, 2.05) is 11.8 Å². The molecule has 1 saturated carbocycles. The normalized spacial score (nSPS) is 31.2. The summed E-state index contributed by atoms with van der Waals surface area (Å²) in [5.74, 6) is 0.548. The average molecular weight is 372 g/mol. The van der Waals surface area contributed by atoms with Gasteiger partial charge in [0.2, 0.25) is 15.9 Å². The van der Waals surface area contributed by atoms with E-state index in [1.165, 1.54) is 0 Å². The number of piperidine rings is 2. The Labute approximate surface area is 152 Å². The molecule has 2 saturated heterocycles. The molecule has 6 nitrogen and oxygen atoms in total. The molecule has 25 heavy (non-hydrogen) atoms. The molecule has 3 unspecified atom stereocenters. The number of carbonyl (C=O) groups excluding carboxylic acids is 1. The predicted molar refractivity (Wildman–Crippen MR) is 98.4 cm³/mol. The highest BCUT2D eigenvalue weighted by Gasteiger charge is 2.40. The van der Waals surface area contributed by atoms with Gasteiger partial charge in [0, 0.05) is 38.1 Å². The fourth-order valence-corrected chi connectivity index (χ4v) is 6.69. The SMILES string of the molecule is CC(N)C1CCCN(S(=O)(=O)C2CCCN(C(=O)C3CCCC3)C2)C1. The fourth-order valence-electron chi connectivity index (χ4n) is 4.66. The summed E-state index contributed by atoms with van der Waals surface area (Å²) in [5, 5.41) is -0.446. The van der Waals surface area contributed by atoms with E-state index >= 15 is 0 Å². The summed E-state index contributed by atoms with van der Waals surface area (Å²) < 4.78 is 27.9. The van der Waals surface area contributed by atoms with Crippen LogP contribution in [0.15, 0.2) is 0 Å². The summed E-state index contributed by atoms with van der Waals surface area (Å²) in [6, 6.07) is 0.0183. The quantitative estimate of drug-likeness (QED) is 0.813. The highest BCUT2D eigenvalue weighted by molar-refractivity contribution is 7.89. The Kier molecular flexibility index (Phi) is 6.06. The van der Waals surface area contributed by atoms with Crippen LogP contribution in [0.1, 0.15) is 58.3 Å². The number of rotatable bonds is 4. The van der Waals surface area contributed by atoms with E-state index < -0.39 is 15.3 Å². The van der Waals surface area contributed by atoms with E-state index in [1.54, 1.807) is 4.31 Å². The van der Waals surface area contributed by atoms with E-state index in [2.05, 4.69) is 0 Å². The molecule has 3 aliphatic rings. The van der Waals surface area contributed by atoms with Crippen LogP contribution in [0.25, 0.3) is 0 Å².